The van der Waals surface area contributed by atoms with Gasteiger partial charge in [-0.15, -0.1) is 0 Å². The van der Waals surface area contributed by atoms with Crippen molar-refractivity contribution in [2.24, 2.45) is 0 Å². The van der Waals surface area contributed by atoms with Crippen LogP contribution in [0, 0.1) is 6.92 Å². The number of aromatic nitrogens is 2. The first-order chi connectivity index (χ1) is 7.74. The van der Waals surface area contributed by atoms with E-state index in [9.17, 15) is 4.79 Å². The third-order valence-corrected chi connectivity index (χ3v) is 2.42. The van der Waals surface area contributed by atoms with Crippen LogP contribution < -0.4 is 4.74 Å². The Balaban J connectivity index is 2.40. The van der Waals surface area contributed by atoms with Crippen LogP contribution in [0.4, 0.5) is 0 Å². The molecule has 1 aromatic heterocycles. The molecule has 0 atom stereocenters. The van der Waals surface area contributed by atoms with Crippen LogP contribution in [0.3, 0.4) is 0 Å². The lowest BCUT2D eigenvalue weighted by molar-refractivity contribution is 0.111. The van der Waals surface area contributed by atoms with Crippen LogP contribution in [-0.2, 0) is 0 Å². The van der Waals surface area contributed by atoms with Crippen LogP contribution >= 0.6 is 0 Å². The van der Waals surface area contributed by atoms with Gasteiger partial charge in [-0.2, -0.15) is 5.10 Å². The number of carbonyl (C=O) groups excluding carboxylic acids is 1. The zero-order valence-corrected chi connectivity index (χ0v) is 9.15. The molecule has 4 nitrogen and oxygen atoms in total. The summed E-state index contributed by atoms with van der Waals surface area (Å²) in [7, 11) is 1.64. The van der Waals surface area contributed by atoms with Gasteiger partial charge in [-0.1, -0.05) is 0 Å². The van der Waals surface area contributed by atoms with Crippen LogP contribution in [0.5, 0.6) is 5.75 Å². The van der Waals surface area contributed by atoms with Gasteiger partial charge in [-0.3, -0.25) is 9.89 Å². The average molecular weight is 216 g/mol. The molecule has 2 aromatic rings. The van der Waals surface area contributed by atoms with Gasteiger partial charge in [0, 0.05) is 5.56 Å². The van der Waals surface area contributed by atoms with E-state index in [-0.39, 0.29) is 0 Å². The van der Waals surface area contributed by atoms with E-state index in [4.69, 9.17) is 4.74 Å². The van der Waals surface area contributed by atoms with Gasteiger partial charge < -0.3 is 4.74 Å². The summed E-state index contributed by atoms with van der Waals surface area (Å²) in [4.78, 5) is 10.5. The van der Waals surface area contributed by atoms with Gasteiger partial charge in [-0.25, -0.2) is 0 Å². The van der Waals surface area contributed by atoms with E-state index >= 15 is 0 Å². The van der Waals surface area contributed by atoms with Crippen molar-refractivity contribution in [2.45, 2.75) is 6.92 Å². The fraction of sp³-hybridized carbons (Fsp3) is 0.167. The molecule has 4 heteroatoms. The molecule has 1 N–H and O–H groups in total. The molecule has 2 rings (SSSR count). The van der Waals surface area contributed by atoms with E-state index < -0.39 is 0 Å². The summed E-state index contributed by atoms with van der Waals surface area (Å²) in [6.45, 7) is 1.97. The largest absolute Gasteiger partial charge is 0.496 e. The molecule has 0 saturated carbocycles. The highest BCUT2D eigenvalue weighted by atomic mass is 16.5. The van der Waals surface area contributed by atoms with E-state index in [1.807, 2.05) is 25.1 Å². The number of benzene rings is 1. The summed E-state index contributed by atoms with van der Waals surface area (Å²) in [6.07, 6.45) is 0.743. The molecule has 0 bridgehead atoms. The molecular weight excluding hydrogens is 204 g/mol. The number of hydrogen-bond acceptors (Lipinski definition) is 3. The summed E-state index contributed by atoms with van der Waals surface area (Å²) in [5, 5.41) is 6.71. The van der Waals surface area contributed by atoms with Gasteiger partial charge >= 0.3 is 0 Å². The second kappa shape index (κ2) is 4.18. The van der Waals surface area contributed by atoms with E-state index in [2.05, 4.69) is 10.2 Å². The molecule has 0 radical (unpaired) electrons. The molecule has 0 aliphatic rings. The zero-order valence-electron chi connectivity index (χ0n) is 9.15. The highest BCUT2D eigenvalue weighted by Crippen LogP contribution is 2.24. The maximum atomic E-state index is 10.5. The Bertz CT molecular complexity index is 517. The van der Waals surface area contributed by atoms with Crippen molar-refractivity contribution in [2.75, 3.05) is 7.11 Å². The molecule has 0 saturated heterocycles. The Labute approximate surface area is 93.3 Å². The van der Waals surface area contributed by atoms with E-state index in [0.29, 0.717) is 5.69 Å². The average Bonchev–Trinajstić information content (AvgIpc) is 2.77. The van der Waals surface area contributed by atoms with Crippen LogP contribution in [0.1, 0.15) is 16.1 Å². The second-order valence-electron chi connectivity index (χ2n) is 3.51. The highest BCUT2D eigenvalue weighted by molar-refractivity contribution is 5.75. The van der Waals surface area contributed by atoms with Crippen molar-refractivity contribution in [3.63, 3.8) is 0 Å². The van der Waals surface area contributed by atoms with Gasteiger partial charge in [0.1, 0.15) is 5.75 Å². The molecule has 0 fully saturated rings. The van der Waals surface area contributed by atoms with Crippen LogP contribution in [-0.4, -0.2) is 23.6 Å². The number of aryl methyl sites for hydroxylation is 1. The van der Waals surface area contributed by atoms with Gasteiger partial charge in [0.2, 0.25) is 0 Å². The first kappa shape index (κ1) is 10.4. The number of ether oxygens (including phenoxy) is 1. The molecule has 16 heavy (non-hydrogen) atoms. The summed E-state index contributed by atoms with van der Waals surface area (Å²) in [5.41, 5.74) is 3.23. The van der Waals surface area contributed by atoms with Crippen molar-refractivity contribution in [3.8, 4) is 17.0 Å². The maximum absolute atomic E-state index is 10.5. The van der Waals surface area contributed by atoms with Crippen LogP contribution in [0.25, 0.3) is 11.3 Å². The van der Waals surface area contributed by atoms with Crippen molar-refractivity contribution >= 4 is 6.29 Å². The number of aldehydes is 1. The summed E-state index contributed by atoms with van der Waals surface area (Å²) in [6, 6.07) is 7.49. The minimum atomic E-state index is 0.475. The normalized spacial score (nSPS) is 10.1. The lowest BCUT2D eigenvalue weighted by Crippen LogP contribution is -1.87. The van der Waals surface area contributed by atoms with Gasteiger partial charge in [0.05, 0.1) is 18.5 Å². The molecule has 82 valence electrons. The topological polar surface area (TPSA) is 55.0 Å². The number of H-pyrrole nitrogens is 1. The number of methoxy groups -OCH3 is 1. The SMILES string of the molecule is COc1ccc(-c2cc(C=O)[nH]n2)cc1C. The molecule has 0 amide bonds. The van der Waals surface area contributed by atoms with Crippen molar-refractivity contribution in [1.82, 2.24) is 10.2 Å². The van der Waals surface area contributed by atoms with Crippen molar-refractivity contribution in [3.05, 3.63) is 35.5 Å². The Morgan fingerprint density at radius 3 is 2.75 bits per heavy atom. The van der Waals surface area contributed by atoms with Gasteiger partial charge in [0.15, 0.2) is 6.29 Å². The molecule has 0 aliphatic heterocycles. The fourth-order valence-corrected chi connectivity index (χ4v) is 1.58. The quantitative estimate of drug-likeness (QED) is 0.800. The van der Waals surface area contributed by atoms with Gasteiger partial charge in [-0.05, 0) is 36.8 Å². The maximum Gasteiger partial charge on any atom is 0.167 e. The van der Waals surface area contributed by atoms with E-state index in [1.165, 1.54) is 0 Å². The third kappa shape index (κ3) is 1.82. The van der Waals surface area contributed by atoms with Crippen LogP contribution in [0.2, 0.25) is 0 Å². The number of nitrogens with zero attached hydrogens (tertiary/aromatic N) is 1. The minimum absolute atomic E-state index is 0.475. The fourth-order valence-electron chi connectivity index (χ4n) is 1.58. The zero-order chi connectivity index (χ0) is 11.5. The van der Waals surface area contributed by atoms with Crippen LogP contribution in [0.15, 0.2) is 24.3 Å². The molecule has 0 aliphatic carbocycles. The number of nitrogens with one attached hydrogen (secondary N) is 1. The number of hydrogen-bond donors (Lipinski definition) is 1. The van der Waals surface area contributed by atoms with Crippen molar-refractivity contribution in [1.29, 1.82) is 0 Å². The standard InChI is InChI=1S/C12H12N2O2/c1-8-5-9(3-4-12(8)16-2)11-6-10(7-15)13-14-11/h3-7H,1-2H3,(H,13,14). The second-order valence-corrected chi connectivity index (χ2v) is 3.51. The number of aromatic amines is 1. The predicted octanol–water partition coefficient (Wildman–Crippen LogP) is 2.21. The molecule has 0 unspecified atom stereocenters. The first-order valence-corrected chi connectivity index (χ1v) is 4.90. The third-order valence-electron chi connectivity index (χ3n) is 2.42. The Kier molecular flexibility index (Phi) is 2.72. The monoisotopic (exact) mass is 216 g/mol. The first-order valence-electron chi connectivity index (χ1n) is 4.90. The molecular formula is C12H12N2O2. The summed E-state index contributed by atoms with van der Waals surface area (Å²) >= 11 is 0. The minimum Gasteiger partial charge on any atom is -0.496 e. The molecule has 1 heterocycles. The highest BCUT2D eigenvalue weighted by Gasteiger charge is 2.05. The summed E-state index contributed by atoms with van der Waals surface area (Å²) in [5.74, 6) is 0.842. The smallest absolute Gasteiger partial charge is 0.167 e. The molecule has 0 spiro atoms. The Hall–Kier alpha value is -2.10. The predicted molar refractivity (Wildman–Crippen MR) is 60.7 cm³/mol. The number of carbonyl (C=O) groups is 1. The lowest BCUT2D eigenvalue weighted by Gasteiger charge is -2.05. The lowest BCUT2D eigenvalue weighted by atomic mass is 10.1. The van der Waals surface area contributed by atoms with E-state index in [0.717, 1.165) is 28.9 Å². The van der Waals surface area contributed by atoms with E-state index in [1.54, 1.807) is 13.2 Å². The van der Waals surface area contributed by atoms with Crippen molar-refractivity contribution < 1.29 is 9.53 Å². The van der Waals surface area contributed by atoms with Gasteiger partial charge in [0.25, 0.3) is 0 Å². The number of rotatable bonds is 3. The summed E-state index contributed by atoms with van der Waals surface area (Å²) < 4.78 is 5.18. The molecule has 1 aromatic carbocycles. The Morgan fingerprint density at radius 2 is 2.19 bits per heavy atom. The Morgan fingerprint density at radius 1 is 1.38 bits per heavy atom.